The lowest BCUT2D eigenvalue weighted by molar-refractivity contribution is -0.137. The van der Waals surface area contributed by atoms with Gasteiger partial charge in [0.2, 0.25) is 5.78 Å². The van der Waals surface area contributed by atoms with Crippen LogP contribution in [0.5, 0.6) is 0 Å². The lowest BCUT2D eigenvalue weighted by Crippen LogP contribution is -2.37. The first kappa shape index (κ1) is 15.5. The molecule has 0 aromatic carbocycles. The molecule has 8 nitrogen and oxygen atoms in total. The Balaban J connectivity index is 2.51. The number of carbonyl (C=O) groups is 4. The van der Waals surface area contributed by atoms with Gasteiger partial charge in [-0.05, 0) is 12.5 Å². The minimum atomic E-state index is -0.835. The Morgan fingerprint density at radius 1 is 1.45 bits per heavy atom. The SMILES string of the molecule is CNC(=O)C(=O)CCC(C=O)NC(=O)c1ccn(C)n1. The highest BCUT2D eigenvalue weighted by atomic mass is 16.2. The van der Waals surface area contributed by atoms with Crippen LogP contribution in [0.2, 0.25) is 0 Å². The third-order valence-corrected chi connectivity index (χ3v) is 2.59. The fourth-order valence-corrected chi connectivity index (χ4v) is 1.49. The second kappa shape index (κ2) is 7.17. The second-order valence-corrected chi connectivity index (χ2v) is 4.13. The normalized spacial score (nSPS) is 11.5. The van der Waals surface area contributed by atoms with Crippen molar-refractivity contribution in [1.29, 1.82) is 0 Å². The van der Waals surface area contributed by atoms with Crippen LogP contribution in [0.4, 0.5) is 0 Å². The summed E-state index contributed by atoms with van der Waals surface area (Å²) < 4.78 is 1.46. The summed E-state index contributed by atoms with van der Waals surface area (Å²) in [6.45, 7) is 0. The monoisotopic (exact) mass is 280 g/mol. The predicted molar refractivity (Wildman–Crippen MR) is 68.8 cm³/mol. The van der Waals surface area contributed by atoms with E-state index < -0.39 is 23.6 Å². The summed E-state index contributed by atoms with van der Waals surface area (Å²) in [7, 11) is 3.01. The summed E-state index contributed by atoms with van der Waals surface area (Å²) in [6.07, 6.45) is 2.07. The fraction of sp³-hybridized carbons (Fsp3) is 0.417. The van der Waals surface area contributed by atoms with Gasteiger partial charge < -0.3 is 15.4 Å². The lowest BCUT2D eigenvalue weighted by Gasteiger charge is -2.10. The van der Waals surface area contributed by atoms with Crippen molar-refractivity contribution in [2.45, 2.75) is 18.9 Å². The molecule has 0 spiro atoms. The van der Waals surface area contributed by atoms with Crippen LogP contribution in [0, 0.1) is 0 Å². The standard InChI is InChI=1S/C12H16N4O4/c1-13-12(20)10(18)4-3-8(7-17)14-11(19)9-5-6-16(2)15-9/h5-8H,3-4H2,1-2H3,(H,13,20)(H,14,19). The van der Waals surface area contributed by atoms with Crippen LogP contribution in [-0.2, 0) is 21.4 Å². The molecule has 1 aromatic heterocycles. The number of hydrogen-bond donors (Lipinski definition) is 2. The van der Waals surface area contributed by atoms with Gasteiger partial charge in [-0.15, -0.1) is 0 Å². The van der Waals surface area contributed by atoms with E-state index in [4.69, 9.17) is 0 Å². The van der Waals surface area contributed by atoms with Crippen LogP contribution in [0.1, 0.15) is 23.3 Å². The molecule has 0 saturated heterocycles. The Hall–Kier alpha value is -2.51. The van der Waals surface area contributed by atoms with E-state index in [9.17, 15) is 19.2 Å². The Morgan fingerprint density at radius 3 is 2.65 bits per heavy atom. The number of ketones is 1. The van der Waals surface area contributed by atoms with Crippen molar-refractivity contribution < 1.29 is 19.2 Å². The van der Waals surface area contributed by atoms with Crippen molar-refractivity contribution in [2.75, 3.05) is 7.05 Å². The molecular weight excluding hydrogens is 264 g/mol. The molecule has 8 heteroatoms. The first-order valence-electron chi connectivity index (χ1n) is 5.98. The van der Waals surface area contributed by atoms with Crippen LogP contribution < -0.4 is 10.6 Å². The van der Waals surface area contributed by atoms with Crippen LogP contribution in [0.3, 0.4) is 0 Å². The van der Waals surface area contributed by atoms with Gasteiger partial charge in [0.1, 0.15) is 12.0 Å². The molecule has 0 bridgehead atoms. The minimum Gasteiger partial charge on any atom is -0.353 e. The summed E-state index contributed by atoms with van der Waals surface area (Å²) in [5, 5.41) is 8.53. The van der Waals surface area contributed by atoms with Gasteiger partial charge in [-0.3, -0.25) is 19.1 Å². The van der Waals surface area contributed by atoms with Gasteiger partial charge in [0.05, 0.1) is 6.04 Å². The van der Waals surface area contributed by atoms with Gasteiger partial charge in [0, 0.05) is 26.7 Å². The highest BCUT2D eigenvalue weighted by molar-refractivity contribution is 6.36. The first-order chi connectivity index (χ1) is 9.47. The van der Waals surface area contributed by atoms with E-state index >= 15 is 0 Å². The molecule has 2 N–H and O–H groups in total. The van der Waals surface area contributed by atoms with Crippen LogP contribution in [0.25, 0.3) is 0 Å². The number of Topliss-reactive ketones (excluding diaryl/α,β-unsaturated/α-hetero) is 1. The molecule has 108 valence electrons. The highest BCUT2D eigenvalue weighted by Crippen LogP contribution is 2.00. The van der Waals surface area contributed by atoms with Gasteiger partial charge in [-0.2, -0.15) is 5.10 Å². The van der Waals surface area contributed by atoms with Crippen LogP contribution in [0.15, 0.2) is 12.3 Å². The fourth-order valence-electron chi connectivity index (χ4n) is 1.49. The number of nitrogens with zero attached hydrogens (tertiary/aromatic N) is 2. The third-order valence-electron chi connectivity index (χ3n) is 2.59. The van der Waals surface area contributed by atoms with E-state index in [2.05, 4.69) is 15.7 Å². The van der Waals surface area contributed by atoms with E-state index in [-0.39, 0.29) is 18.5 Å². The Kier molecular flexibility index (Phi) is 5.57. The minimum absolute atomic E-state index is 0.0638. The highest BCUT2D eigenvalue weighted by Gasteiger charge is 2.18. The predicted octanol–water partition coefficient (Wildman–Crippen LogP) is -1.19. The average Bonchev–Trinajstić information content (AvgIpc) is 2.88. The first-order valence-corrected chi connectivity index (χ1v) is 5.98. The molecular formula is C12H16N4O4. The Bertz CT molecular complexity index is 523. The molecule has 1 heterocycles. The maximum atomic E-state index is 11.8. The van der Waals surface area contributed by atoms with Crippen molar-refractivity contribution in [3.05, 3.63) is 18.0 Å². The van der Waals surface area contributed by atoms with E-state index in [0.717, 1.165) is 0 Å². The van der Waals surface area contributed by atoms with Gasteiger partial charge in [0.25, 0.3) is 11.8 Å². The molecule has 1 unspecified atom stereocenters. The summed E-state index contributed by atoms with van der Waals surface area (Å²) >= 11 is 0. The average molecular weight is 280 g/mol. The number of hydrogen-bond acceptors (Lipinski definition) is 5. The molecule has 1 rings (SSSR count). The second-order valence-electron chi connectivity index (χ2n) is 4.13. The van der Waals surface area contributed by atoms with Crippen molar-refractivity contribution in [3.63, 3.8) is 0 Å². The largest absolute Gasteiger partial charge is 0.353 e. The van der Waals surface area contributed by atoms with E-state index in [0.29, 0.717) is 6.29 Å². The molecule has 0 saturated carbocycles. The number of aromatic nitrogens is 2. The molecule has 1 aromatic rings. The summed E-state index contributed by atoms with van der Waals surface area (Å²) in [5.74, 6) is -1.85. The van der Waals surface area contributed by atoms with Crippen molar-refractivity contribution in [2.24, 2.45) is 7.05 Å². The molecule has 0 fully saturated rings. The van der Waals surface area contributed by atoms with Gasteiger partial charge >= 0.3 is 0 Å². The quantitative estimate of drug-likeness (QED) is 0.482. The van der Waals surface area contributed by atoms with Gasteiger partial charge in [-0.1, -0.05) is 0 Å². The number of nitrogens with one attached hydrogen (secondary N) is 2. The lowest BCUT2D eigenvalue weighted by atomic mass is 10.1. The number of aryl methyl sites for hydroxylation is 1. The van der Waals surface area contributed by atoms with E-state index in [1.807, 2.05) is 0 Å². The number of rotatable bonds is 7. The van der Waals surface area contributed by atoms with Crippen LogP contribution in [-0.4, -0.2) is 46.8 Å². The summed E-state index contributed by atoms with van der Waals surface area (Å²) in [5.41, 5.74) is 0.178. The van der Waals surface area contributed by atoms with E-state index in [1.165, 1.54) is 17.8 Å². The number of carbonyl (C=O) groups excluding carboxylic acids is 4. The zero-order valence-electron chi connectivity index (χ0n) is 11.3. The third kappa shape index (κ3) is 4.30. The molecule has 0 aliphatic heterocycles. The summed E-state index contributed by atoms with van der Waals surface area (Å²) in [4.78, 5) is 44.9. The Morgan fingerprint density at radius 2 is 2.15 bits per heavy atom. The molecule has 2 amide bonds. The van der Waals surface area contributed by atoms with Crippen molar-refractivity contribution >= 4 is 23.9 Å². The van der Waals surface area contributed by atoms with Gasteiger partial charge in [0.15, 0.2) is 0 Å². The number of likely N-dealkylation sites (N-methyl/N-ethyl adjacent to an activating group) is 1. The van der Waals surface area contributed by atoms with Crippen molar-refractivity contribution in [1.82, 2.24) is 20.4 Å². The molecule has 0 aliphatic rings. The summed E-state index contributed by atoms with van der Waals surface area (Å²) in [6, 6.07) is 0.672. The van der Waals surface area contributed by atoms with Gasteiger partial charge in [-0.25, -0.2) is 0 Å². The van der Waals surface area contributed by atoms with Crippen LogP contribution >= 0.6 is 0 Å². The molecule has 1 atom stereocenters. The maximum Gasteiger partial charge on any atom is 0.287 e. The molecule has 0 radical (unpaired) electrons. The van der Waals surface area contributed by atoms with E-state index in [1.54, 1.807) is 13.2 Å². The molecule has 0 aliphatic carbocycles. The number of amides is 2. The number of aldehydes is 1. The molecule has 20 heavy (non-hydrogen) atoms. The maximum absolute atomic E-state index is 11.8. The zero-order chi connectivity index (χ0) is 15.1. The van der Waals surface area contributed by atoms with Crippen molar-refractivity contribution in [3.8, 4) is 0 Å². The topological polar surface area (TPSA) is 110 Å². The smallest absolute Gasteiger partial charge is 0.287 e. The zero-order valence-corrected chi connectivity index (χ0v) is 11.3. The Labute approximate surface area is 115 Å².